The predicted octanol–water partition coefficient (Wildman–Crippen LogP) is 3.94. The van der Waals surface area contributed by atoms with Gasteiger partial charge in [-0.2, -0.15) is 0 Å². The number of carbonyl (C=O) groups excluding carboxylic acids is 1. The van der Waals surface area contributed by atoms with E-state index in [9.17, 15) is 4.79 Å². The van der Waals surface area contributed by atoms with Crippen molar-refractivity contribution in [3.8, 4) is 0 Å². The highest BCUT2D eigenvalue weighted by molar-refractivity contribution is 7.12. The van der Waals surface area contributed by atoms with E-state index in [4.69, 9.17) is 4.74 Å². The molecule has 3 unspecified atom stereocenters. The third-order valence-corrected chi connectivity index (χ3v) is 5.82. The Bertz CT molecular complexity index is 553. The minimum absolute atomic E-state index is 0.196. The zero-order chi connectivity index (χ0) is 16.6. The minimum atomic E-state index is -0.439. The fourth-order valence-electron chi connectivity index (χ4n) is 3.13. The maximum atomic E-state index is 11.8. The Hall–Kier alpha value is -1.07. The minimum Gasteiger partial charge on any atom is -0.444 e. The Labute approximate surface area is 143 Å². The molecule has 128 valence electrons. The van der Waals surface area contributed by atoms with E-state index in [-0.39, 0.29) is 12.1 Å². The first-order valence-corrected chi connectivity index (χ1v) is 9.50. The van der Waals surface area contributed by atoms with Crippen LogP contribution in [0.2, 0.25) is 0 Å². The highest BCUT2D eigenvalue weighted by atomic mass is 32.1. The number of carbonyl (C=O) groups is 1. The summed E-state index contributed by atoms with van der Waals surface area (Å²) in [6.07, 6.45) is 5.82. The number of rotatable bonds is 4. The molecule has 3 rings (SSSR count). The standard InChI is InChI=1S/C18H28N2O2S/c1-11(16-9-12-7-5-6-8-15(12)23-16)19-13-10-14(13)20-17(21)22-18(2,3)4/h9,11,13-14,19H,5-8,10H2,1-4H3,(H,20,21). The fourth-order valence-corrected chi connectivity index (χ4v) is 4.40. The Kier molecular flexibility index (Phi) is 4.70. The molecular weight excluding hydrogens is 308 g/mol. The van der Waals surface area contributed by atoms with Crippen LogP contribution >= 0.6 is 11.3 Å². The first-order chi connectivity index (χ1) is 10.8. The van der Waals surface area contributed by atoms with Gasteiger partial charge >= 0.3 is 6.09 Å². The first kappa shape index (κ1) is 16.8. The quantitative estimate of drug-likeness (QED) is 0.875. The molecule has 0 bridgehead atoms. The van der Waals surface area contributed by atoms with Gasteiger partial charge in [0.25, 0.3) is 0 Å². The summed E-state index contributed by atoms with van der Waals surface area (Å²) in [7, 11) is 0. The molecule has 0 aliphatic heterocycles. The maximum absolute atomic E-state index is 11.8. The topological polar surface area (TPSA) is 50.4 Å². The van der Waals surface area contributed by atoms with Crippen molar-refractivity contribution in [1.82, 2.24) is 10.6 Å². The van der Waals surface area contributed by atoms with Crippen molar-refractivity contribution in [2.75, 3.05) is 0 Å². The van der Waals surface area contributed by atoms with Crippen molar-refractivity contribution in [2.24, 2.45) is 0 Å². The molecular formula is C18H28N2O2S. The SMILES string of the molecule is CC(NC1CC1NC(=O)OC(C)(C)C)c1cc2c(s1)CCCC2. The van der Waals surface area contributed by atoms with E-state index in [1.807, 2.05) is 32.1 Å². The van der Waals surface area contributed by atoms with Crippen molar-refractivity contribution in [1.29, 1.82) is 0 Å². The third kappa shape index (κ3) is 4.48. The molecule has 1 aromatic rings. The summed E-state index contributed by atoms with van der Waals surface area (Å²) >= 11 is 1.96. The molecule has 0 spiro atoms. The molecule has 0 saturated heterocycles. The summed E-state index contributed by atoms with van der Waals surface area (Å²) in [6, 6.07) is 3.29. The van der Waals surface area contributed by atoms with Gasteiger partial charge in [-0.15, -0.1) is 11.3 Å². The van der Waals surface area contributed by atoms with Crippen molar-refractivity contribution in [3.63, 3.8) is 0 Å². The van der Waals surface area contributed by atoms with Gasteiger partial charge in [-0.05, 0) is 71.4 Å². The van der Waals surface area contributed by atoms with Crippen LogP contribution in [0.25, 0.3) is 0 Å². The number of amides is 1. The molecule has 3 atom stereocenters. The van der Waals surface area contributed by atoms with Crippen LogP contribution in [0.1, 0.15) is 68.3 Å². The number of alkyl carbamates (subject to hydrolysis) is 1. The van der Waals surface area contributed by atoms with E-state index < -0.39 is 5.60 Å². The lowest BCUT2D eigenvalue weighted by atomic mass is 9.99. The summed E-state index contributed by atoms with van der Waals surface area (Å²) < 4.78 is 5.31. The van der Waals surface area contributed by atoms with Gasteiger partial charge in [0.15, 0.2) is 0 Å². The maximum Gasteiger partial charge on any atom is 0.407 e. The number of hydrogen-bond donors (Lipinski definition) is 2. The second kappa shape index (κ2) is 6.44. The van der Waals surface area contributed by atoms with Gasteiger partial charge in [0, 0.05) is 27.9 Å². The molecule has 2 N–H and O–H groups in total. The van der Waals surface area contributed by atoms with Crippen LogP contribution < -0.4 is 10.6 Å². The number of thiophene rings is 1. The van der Waals surface area contributed by atoms with Crippen LogP contribution in [0, 0.1) is 0 Å². The summed E-state index contributed by atoms with van der Waals surface area (Å²) in [4.78, 5) is 14.8. The van der Waals surface area contributed by atoms with Gasteiger partial charge in [0.05, 0.1) is 0 Å². The number of fused-ring (bicyclic) bond motifs is 1. The van der Waals surface area contributed by atoms with Crippen LogP contribution in [0.5, 0.6) is 0 Å². The summed E-state index contributed by atoms with van der Waals surface area (Å²) in [5.74, 6) is 0. The lowest BCUT2D eigenvalue weighted by Crippen LogP contribution is -2.37. The first-order valence-electron chi connectivity index (χ1n) is 8.69. The lowest BCUT2D eigenvalue weighted by Gasteiger charge is -2.20. The van der Waals surface area contributed by atoms with Crippen LogP contribution in [-0.4, -0.2) is 23.8 Å². The highest BCUT2D eigenvalue weighted by Gasteiger charge is 2.40. The highest BCUT2D eigenvalue weighted by Crippen LogP contribution is 2.34. The molecule has 4 nitrogen and oxygen atoms in total. The van der Waals surface area contributed by atoms with E-state index in [0.717, 1.165) is 6.42 Å². The second-order valence-electron chi connectivity index (χ2n) is 7.79. The number of nitrogens with one attached hydrogen (secondary N) is 2. The zero-order valence-corrected chi connectivity index (χ0v) is 15.4. The average molecular weight is 337 g/mol. The van der Waals surface area contributed by atoms with Gasteiger partial charge in [-0.3, -0.25) is 0 Å². The molecule has 1 fully saturated rings. The number of hydrogen-bond acceptors (Lipinski definition) is 4. The van der Waals surface area contributed by atoms with Gasteiger partial charge in [-0.1, -0.05) is 0 Å². The number of ether oxygens (including phenoxy) is 1. The monoisotopic (exact) mass is 336 g/mol. The van der Waals surface area contributed by atoms with E-state index in [2.05, 4.69) is 23.6 Å². The fraction of sp³-hybridized carbons (Fsp3) is 0.722. The molecule has 1 saturated carbocycles. The van der Waals surface area contributed by atoms with Crippen LogP contribution in [0.15, 0.2) is 6.07 Å². The Morgan fingerprint density at radius 1 is 1.30 bits per heavy atom. The van der Waals surface area contributed by atoms with E-state index in [1.165, 1.54) is 30.6 Å². The molecule has 2 aliphatic carbocycles. The lowest BCUT2D eigenvalue weighted by molar-refractivity contribution is 0.0522. The summed E-state index contributed by atoms with van der Waals surface area (Å²) in [5.41, 5.74) is 1.12. The van der Waals surface area contributed by atoms with Gasteiger partial charge in [-0.25, -0.2) is 4.79 Å². The van der Waals surface area contributed by atoms with Crippen LogP contribution in [-0.2, 0) is 17.6 Å². The molecule has 2 aliphatic rings. The third-order valence-electron chi connectivity index (χ3n) is 4.40. The van der Waals surface area contributed by atoms with Crippen molar-refractivity contribution in [3.05, 3.63) is 21.4 Å². The Morgan fingerprint density at radius 2 is 2.04 bits per heavy atom. The predicted molar refractivity (Wildman–Crippen MR) is 94.1 cm³/mol. The van der Waals surface area contributed by atoms with Gasteiger partial charge in [0.2, 0.25) is 0 Å². The summed E-state index contributed by atoms with van der Waals surface area (Å²) in [6.45, 7) is 7.88. The molecule has 1 amide bonds. The van der Waals surface area contributed by atoms with Crippen molar-refractivity contribution in [2.45, 2.75) is 83.5 Å². The van der Waals surface area contributed by atoms with Crippen molar-refractivity contribution >= 4 is 17.4 Å². The largest absolute Gasteiger partial charge is 0.444 e. The smallest absolute Gasteiger partial charge is 0.407 e. The average Bonchev–Trinajstić information content (AvgIpc) is 3.00. The molecule has 0 radical (unpaired) electrons. The normalized spacial score (nSPS) is 24.7. The van der Waals surface area contributed by atoms with E-state index in [0.29, 0.717) is 12.1 Å². The number of aryl methyl sites for hydroxylation is 2. The zero-order valence-electron chi connectivity index (χ0n) is 14.6. The van der Waals surface area contributed by atoms with Crippen LogP contribution in [0.3, 0.4) is 0 Å². The molecule has 5 heteroatoms. The Balaban J connectivity index is 1.47. The molecule has 0 aromatic carbocycles. The Morgan fingerprint density at radius 3 is 2.74 bits per heavy atom. The van der Waals surface area contributed by atoms with E-state index >= 15 is 0 Å². The van der Waals surface area contributed by atoms with E-state index in [1.54, 1.807) is 10.4 Å². The molecule has 23 heavy (non-hydrogen) atoms. The van der Waals surface area contributed by atoms with Crippen molar-refractivity contribution < 1.29 is 9.53 Å². The summed E-state index contributed by atoms with van der Waals surface area (Å²) in [5, 5.41) is 6.58. The second-order valence-corrected chi connectivity index (χ2v) is 8.96. The van der Waals surface area contributed by atoms with Gasteiger partial charge < -0.3 is 15.4 Å². The molecule has 1 aromatic heterocycles. The van der Waals surface area contributed by atoms with Gasteiger partial charge in [0.1, 0.15) is 5.60 Å². The van der Waals surface area contributed by atoms with Crippen LogP contribution in [0.4, 0.5) is 4.79 Å². The molecule has 1 heterocycles.